The minimum atomic E-state index is 0.220. The van der Waals surface area contributed by atoms with Gasteiger partial charge in [0, 0.05) is 43.8 Å². The summed E-state index contributed by atoms with van der Waals surface area (Å²) in [5.74, 6) is 0.220. The topological polar surface area (TPSA) is 50.2 Å². The van der Waals surface area contributed by atoms with Crippen LogP contribution in [0.5, 0.6) is 0 Å². The number of carbonyl (C=O) groups excluding carboxylic acids is 1. The maximum atomic E-state index is 11.8. The Morgan fingerprint density at radius 1 is 1.09 bits per heavy atom. The maximum absolute atomic E-state index is 11.8. The van der Waals surface area contributed by atoms with Crippen LogP contribution in [0.25, 0.3) is 0 Å². The second-order valence-corrected chi connectivity index (χ2v) is 7.15. The van der Waals surface area contributed by atoms with E-state index in [4.69, 9.17) is 0 Å². The molecule has 1 aliphatic carbocycles. The van der Waals surface area contributed by atoms with Gasteiger partial charge in [0.05, 0.1) is 12.0 Å². The molecule has 2 atom stereocenters. The molecular formula is C17H26N4O. The lowest BCUT2D eigenvalue weighted by atomic mass is 9.95. The molecule has 5 nitrogen and oxygen atoms in total. The van der Waals surface area contributed by atoms with Gasteiger partial charge in [0.25, 0.3) is 0 Å². The molecule has 1 saturated carbocycles. The normalized spacial score (nSPS) is 30.3. The monoisotopic (exact) mass is 302 g/mol. The molecule has 0 spiro atoms. The Morgan fingerprint density at radius 3 is 2.77 bits per heavy atom. The van der Waals surface area contributed by atoms with E-state index >= 15 is 0 Å². The Hall–Kier alpha value is -1.36. The number of amides is 1. The van der Waals surface area contributed by atoms with Gasteiger partial charge in [0.15, 0.2) is 0 Å². The molecule has 120 valence electrons. The molecule has 1 aromatic rings. The van der Waals surface area contributed by atoms with Crippen molar-refractivity contribution < 1.29 is 4.79 Å². The predicted octanol–water partition coefficient (Wildman–Crippen LogP) is 2.24. The molecule has 0 unspecified atom stereocenters. The van der Waals surface area contributed by atoms with E-state index in [1.165, 1.54) is 44.2 Å². The lowest BCUT2D eigenvalue weighted by molar-refractivity contribution is -0.121. The van der Waals surface area contributed by atoms with Crippen LogP contribution >= 0.6 is 0 Å². The first-order chi connectivity index (χ1) is 10.8. The van der Waals surface area contributed by atoms with Gasteiger partial charge in [-0.15, -0.1) is 0 Å². The third-order valence-corrected chi connectivity index (χ3v) is 5.79. The number of carbonyl (C=O) groups is 1. The molecule has 2 bridgehead atoms. The van der Waals surface area contributed by atoms with Crippen LogP contribution in [0.4, 0.5) is 0 Å². The van der Waals surface area contributed by atoms with Crippen molar-refractivity contribution in [2.45, 2.75) is 76.0 Å². The molecule has 2 aliphatic heterocycles. The molecule has 1 N–H and O–H groups in total. The highest BCUT2D eigenvalue weighted by molar-refractivity contribution is 5.77. The van der Waals surface area contributed by atoms with Crippen molar-refractivity contribution in [2.24, 2.45) is 0 Å². The minimum Gasteiger partial charge on any atom is -0.354 e. The SMILES string of the molecule is O=C1C[C@H]2CC[C@@H](CN1)N2Cc1cncn1C1CCCCC1. The molecule has 3 aliphatic rings. The lowest BCUT2D eigenvalue weighted by Gasteiger charge is -2.30. The maximum Gasteiger partial charge on any atom is 0.221 e. The Balaban J connectivity index is 1.51. The van der Waals surface area contributed by atoms with Crippen LogP contribution in [-0.4, -0.2) is 39.0 Å². The van der Waals surface area contributed by atoms with Crippen molar-refractivity contribution in [1.29, 1.82) is 0 Å². The zero-order valence-electron chi connectivity index (χ0n) is 13.2. The second-order valence-electron chi connectivity index (χ2n) is 7.15. The summed E-state index contributed by atoms with van der Waals surface area (Å²) in [6, 6.07) is 1.56. The van der Waals surface area contributed by atoms with E-state index in [2.05, 4.69) is 19.8 Å². The van der Waals surface area contributed by atoms with Crippen molar-refractivity contribution in [3.05, 3.63) is 18.2 Å². The predicted molar refractivity (Wildman–Crippen MR) is 84.3 cm³/mol. The molecule has 22 heavy (non-hydrogen) atoms. The highest BCUT2D eigenvalue weighted by atomic mass is 16.1. The van der Waals surface area contributed by atoms with Gasteiger partial charge in [-0.1, -0.05) is 19.3 Å². The Labute approximate surface area is 132 Å². The molecule has 0 radical (unpaired) electrons. The summed E-state index contributed by atoms with van der Waals surface area (Å²) < 4.78 is 2.42. The van der Waals surface area contributed by atoms with E-state index in [0.717, 1.165) is 19.5 Å². The summed E-state index contributed by atoms with van der Waals surface area (Å²) in [7, 11) is 0. The number of nitrogens with zero attached hydrogens (tertiary/aromatic N) is 3. The van der Waals surface area contributed by atoms with Gasteiger partial charge < -0.3 is 9.88 Å². The summed E-state index contributed by atoms with van der Waals surface area (Å²) in [6.07, 6.45) is 13.7. The van der Waals surface area contributed by atoms with E-state index in [9.17, 15) is 4.79 Å². The molecule has 1 amide bonds. The van der Waals surface area contributed by atoms with Crippen LogP contribution in [-0.2, 0) is 11.3 Å². The highest BCUT2D eigenvalue weighted by Crippen LogP contribution is 2.32. The molecule has 5 heteroatoms. The van der Waals surface area contributed by atoms with Crippen LogP contribution in [0.2, 0.25) is 0 Å². The first-order valence-corrected chi connectivity index (χ1v) is 8.84. The van der Waals surface area contributed by atoms with Crippen molar-refractivity contribution in [3.8, 4) is 0 Å². The van der Waals surface area contributed by atoms with Crippen LogP contribution in [0.15, 0.2) is 12.5 Å². The van der Waals surface area contributed by atoms with Crippen LogP contribution in [0.1, 0.15) is 63.1 Å². The van der Waals surface area contributed by atoms with E-state index in [1.807, 2.05) is 12.5 Å². The first-order valence-electron chi connectivity index (χ1n) is 8.84. The summed E-state index contributed by atoms with van der Waals surface area (Å²) in [5.41, 5.74) is 1.33. The Kier molecular flexibility index (Phi) is 3.90. The van der Waals surface area contributed by atoms with Crippen molar-refractivity contribution >= 4 is 5.91 Å². The van der Waals surface area contributed by atoms with E-state index in [1.54, 1.807) is 0 Å². The summed E-state index contributed by atoms with van der Waals surface area (Å²) in [6.45, 7) is 1.76. The van der Waals surface area contributed by atoms with Gasteiger partial charge in [0.2, 0.25) is 5.91 Å². The Bertz CT molecular complexity index is 535. The third-order valence-electron chi connectivity index (χ3n) is 5.79. The van der Waals surface area contributed by atoms with Crippen molar-refractivity contribution in [3.63, 3.8) is 0 Å². The fourth-order valence-corrected chi connectivity index (χ4v) is 4.56. The molecule has 4 rings (SSSR count). The fraction of sp³-hybridized carbons (Fsp3) is 0.765. The van der Waals surface area contributed by atoms with Gasteiger partial charge in [-0.05, 0) is 25.7 Å². The third kappa shape index (κ3) is 2.67. The van der Waals surface area contributed by atoms with Gasteiger partial charge in [-0.3, -0.25) is 9.69 Å². The highest BCUT2D eigenvalue weighted by Gasteiger charge is 2.37. The van der Waals surface area contributed by atoms with Crippen molar-refractivity contribution in [2.75, 3.05) is 6.54 Å². The largest absolute Gasteiger partial charge is 0.354 e. The summed E-state index contributed by atoms with van der Waals surface area (Å²) >= 11 is 0. The van der Waals surface area contributed by atoms with Gasteiger partial charge in [0.1, 0.15) is 0 Å². The van der Waals surface area contributed by atoms with Crippen LogP contribution < -0.4 is 5.32 Å². The number of rotatable bonds is 3. The zero-order chi connectivity index (χ0) is 14.9. The smallest absolute Gasteiger partial charge is 0.221 e. The van der Waals surface area contributed by atoms with Crippen LogP contribution in [0.3, 0.4) is 0 Å². The van der Waals surface area contributed by atoms with Gasteiger partial charge >= 0.3 is 0 Å². The lowest BCUT2D eigenvalue weighted by Crippen LogP contribution is -2.38. The molecule has 0 aromatic carbocycles. The molecule has 2 saturated heterocycles. The van der Waals surface area contributed by atoms with E-state index < -0.39 is 0 Å². The number of imidazole rings is 1. The van der Waals surface area contributed by atoms with Crippen molar-refractivity contribution in [1.82, 2.24) is 19.8 Å². The average Bonchev–Trinajstić information content (AvgIpc) is 3.10. The average molecular weight is 302 g/mol. The molecule has 3 fully saturated rings. The molecular weight excluding hydrogens is 276 g/mol. The van der Waals surface area contributed by atoms with Gasteiger partial charge in [-0.25, -0.2) is 4.98 Å². The van der Waals surface area contributed by atoms with Gasteiger partial charge in [-0.2, -0.15) is 0 Å². The zero-order valence-corrected chi connectivity index (χ0v) is 13.2. The number of nitrogens with one attached hydrogen (secondary N) is 1. The number of hydrogen-bond donors (Lipinski definition) is 1. The van der Waals surface area contributed by atoms with Crippen LogP contribution in [0, 0.1) is 0 Å². The van der Waals surface area contributed by atoms with E-state index in [-0.39, 0.29) is 5.91 Å². The first kappa shape index (κ1) is 14.2. The number of fused-ring (bicyclic) bond motifs is 2. The number of aromatic nitrogens is 2. The minimum absolute atomic E-state index is 0.220. The molecule has 1 aromatic heterocycles. The Morgan fingerprint density at radius 2 is 1.91 bits per heavy atom. The second kappa shape index (κ2) is 6.03. The standard InChI is InChI=1S/C17H26N4O/c22-17-8-14-6-7-15(10-19-17)20(14)11-16-9-18-12-21(16)13-4-2-1-3-5-13/h9,12-15H,1-8,10-11H2,(H,19,22)/t14-,15+/m1/s1. The summed E-state index contributed by atoms with van der Waals surface area (Å²) in [5, 5.41) is 3.06. The van der Waals surface area contributed by atoms with E-state index in [0.29, 0.717) is 24.5 Å². The molecule has 3 heterocycles. The fourth-order valence-electron chi connectivity index (χ4n) is 4.56. The summed E-state index contributed by atoms with van der Waals surface area (Å²) in [4.78, 5) is 18.8. The quantitative estimate of drug-likeness (QED) is 0.931. The number of hydrogen-bond acceptors (Lipinski definition) is 3.